The van der Waals surface area contributed by atoms with E-state index in [1.165, 1.54) is 42.5 Å². The van der Waals surface area contributed by atoms with Gasteiger partial charge in [0.2, 0.25) is 0 Å². The van der Waals surface area contributed by atoms with Gasteiger partial charge in [-0.15, -0.1) is 0 Å². The van der Waals surface area contributed by atoms with Crippen LogP contribution in [0.15, 0.2) is 42.5 Å². The van der Waals surface area contributed by atoms with Crippen molar-refractivity contribution >= 4 is 28.7 Å². The molecule has 0 unspecified atom stereocenters. The van der Waals surface area contributed by atoms with Crippen molar-refractivity contribution in [3.8, 4) is 0 Å². The zero-order valence-electron chi connectivity index (χ0n) is 9.06. The Morgan fingerprint density at radius 1 is 1.17 bits per heavy atom. The maximum atomic E-state index is 12.7. The van der Waals surface area contributed by atoms with Crippen LogP contribution < -0.4 is 5.32 Å². The summed E-state index contributed by atoms with van der Waals surface area (Å²) < 4.78 is 12.7. The first kappa shape index (κ1) is 12.3. The van der Waals surface area contributed by atoms with Crippen molar-refractivity contribution in [2.24, 2.45) is 0 Å². The first-order valence-electron chi connectivity index (χ1n) is 5.03. The van der Waals surface area contributed by atoms with E-state index in [2.05, 4.69) is 5.32 Å². The van der Waals surface area contributed by atoms with Crippen molar-refractivity contribution < 1.29 is 9.31 Å². The number of hydrogen-bond acceptors (Lipinski definition) is 3. The first-order valence-corrected chi connectivity index (χ1v) is 5.40. The Morgan fingerprint density at radius 2 is 1.83 bits per heavy atom. The van der Waals surface area contributed by atoms with Gasteiger partial charge in [0.1, 0.15) is 11.5 Å². The summed E-state index contributed by atoms with van der Waals surface area (Å²) in [6.45, 7) is 0. The smallest absolute Gasteiger partial charge is 0.292 e. The number of nitro groups is 1. The van der Waals surface area contributed by atoms with Crippen LogP contribution in [-0.2, 0) is 0 Å². The van der Waals surface area contributed by atoms with Crippen LogP contribution in [0.2, 0.25) is 5.02 Å². The fraction of sp³-hybridized carbons (Fsp3) is 0. The van der Waals surface area contributed by atoms with Crippen molar-refractivity contribution in [2.45, 2.75) is 0 Å². The summed E-state index contributed by atoms with van der Waals surface area (Å²) in [5, 5.41) is 14.0. The third kappa shape index (κ3) is 2.75. The number of benzene rings is 2. The Balaban J connectivity index is 2.35. The minimum Gasteiger partial charge on any atom is -0.350 e. The summed E-state index contributed by atoms with van der Waals surface area (Å²) in [6.07, 6.45) is 0. The fourth-order valence-electron chi connectivity index (χ4n) is 1.46. The highest BCUT2D eigenvalue weighted by Crippen LogP contribution is 2.30. The van der Waals surface area contributed by atoms with Crippen molar-refractivity contribution in [2.75, 3.05) is 5.32 Å². The van der Waals surface area contributed by atoms with Crippen molar-refractivity contribution in [1.82, 2.24) is 0 Å². The van der Waals surface area contributed by atoms with Gasteiger partial charge in [0.15, 0.2) is 0 Å². The standard InChI is InChI=1S/C12H8ClFN2O2/c13-8-1-6-12(16(17)18)11(7-8)15-10-4-2-9(14)3-5-10/h1-7,15H. The largest absolute Gasteiger partial charge is 0.350 e. The van der Waals surface area contributed by atoms with E-state index in [4.69, 9.17) is 11.6 Å². The molecule has 4 nitrogen and oxygen atoms in total. The van der Waals surface area contributed by atoms with Crippen molar-refractivity contribution in [3.05, 3.63) is 63.4 Å². The Kier molecular flexibility index (Phi) is 3.43. The molecule has 2 aromatic carbocycles. The molecule has 0 bridgehead atoms. The van der Waals surface area contributed by atoms with E-state index in [0.29, 0.717) is 10.7 Å². The number of rotatable bonds is 3. The third-order valence-corrected chi connectivity index (χ3v) is 2.51. The molecule has 0 heterocycles. The third-order valence-electron chi connectivity index (χ3n) is 2.28. The maximum Gasteiger partial charge on any atom is 0.292 e. The highest BCUT2D eigenvalue weighted by atomic mass is 35.5. The SMILES string of the molecule is O=[N+]([O-])c1ccc(Cl)cc1Nc1ccc(F)cc1. The van der Waals surface area contributed by atoms with Crippen LogP contribution in [0.3, 0.4) is 0 Å². The average Bonchev–Trinajstić information content (AvgIpc) is 2.32. The summed E-state index contributed by atoms with van der Waals surface area (Å²) in [6, 6.07) is 9.70. The molecule has 0 aliphatic carbocycles. The average molecular weight is 267 g/mol. The summed E-state index contributed by atoms with van der Waals surface area (Å²) in [5.74, 6) is -0.374. The van der Waals surface area contributed by atoms with E-state index in [0.717, 1.165) is 0 Å². The van der Waals surface area contributed by atoms with Gasteiger partial charge in [-0.05, 0) is 36.4 Å². The molecular formula is C12H8ClFN2O2. The lowest BCUT2D eigenvalue weighted by Gasteiger charge is -2.07. The highest BCUT2D eigenvalue weighted by molar-refractivity contribution is 6.31. The molecule has 1 N–H and O–H groups in total. The Labute approximate surface area is 107 Å². The van der Waals surface area contributed by atoms with Crippen molar-refractivity contribution in [1.29, 1.82) is 0 Å². The molecule has 18 heavy (non-hydrogen) atoms. The van der Waals surface area contributed by atoms with Gasteiger partial charge in [-0.2, -0.15) is 0 Å². The van der Waals surface area contributed by atoms with Gasteiger partial charge in [0.25, 0.3) is 5.69 Å². The van der Waals surface area contributed by atoms with E-state index in [1.807, 2.05) is 0 Å². The molecule has 0 atom stereocenters. The summed E-state index contributed by atoms with van der Waals surface area (Å²) in [5.41, 5.74) is 0.713. The van der Waals surface area contributed by atoms with Crippen LogP contribution in [0, 0.1) is 15.9 Å². The molecular weight excluding hydrogens is 259 g/mol. The van der Waals surface area contributed by atoms with E-state index < -0.39 is 4.92 Å². The van der Waals surface area contributed by atoms with Crippen LogP contribution in [0.1, 0.15) is 0 Å². The number of halogens is 2. The second kappa shape index (κ2) is 5.01. The topological polar surface area (TPSA) is 55.2 Å². The monoisotopic (exact) mass is 266 g/mol. The minimum absolute atomic E-state index is 0.0938. The Morgan fingerprint density at radius 3 is 2.44 bits per heavy atom. The number of hydrogen-bond donors (Lipinski definition) is 1. The molecule has 0 amide bonds. The normalized spacial score (nSPS) is 10.1. The highest BCUT2D eigenvalue weighted by Gasteiger charge is 2.13. The molecule has 0 aliphatic rings. The molecule has 0 saturated heterocycles. The van der Waals surface area contributed by atoms with Crippen molar-refractivity contribution in [3.63, 3.8) is 0 Å². The second-order valence-electron chi connectivity index (χ2n) is 3.55. The van der Waals surface area contributed by atoms with Crippen LogP contribution in [-0.4, -0.2) is 4.92 Å². The Bertz CT molecular complexity index is 587. The van der Waals surface area contributed by atoms with Gasteiger partial charge < -0.3 is 5.32 Å². The van der Waals surface area contributed by atoms with Crippen LogP contribution in [0.4, 0.5) is 21.5 Å². The predicted octanol–water partition coefficient (Wildman–Crippen LogP) is 4.13. The van der Waals surface area contributed by atoms with Crippen LogP contribution in [0.25, 0.3) is 0 Å². The summed E-state index contributed by atoms with van der Waals surface area (Å²) in [7, 11) is 0. The molecule has 0 spiro atoms. The van der Waals surface area contributed by atoms with Gasteiger partial charge in [0.05, 0.1) is 4.92 Å². The lowest BCUT2D eigenvalue weighted by Crippen LogP contribution is -1.97. The fourth-order valence-corrected chi connectivity index (χ4v) is 1.63. The number of nitrogens with one attached hydrogen (secondary N) is 1. The molecule has 6 heteroatoms. The predicted molar refractivity (Wildman–Crippen MR) is 67.8 cm³/mol. The summed E-state index contributed by atoms with van der Waals surface area (Å²) in [4.78, 5) is 10.3. The number of anilines is 2. The van der Waals surface area contributed by atoms with E-state index in [1.54, 1.807) is 0 Å². The van der Waals surface area contributed by atoms with E-state index in [-0.39, 0.29) is 17.2 Å². The Hall–Kier alpha value is -2.14. The quantitative estimate of drug-likeness (QED) is 0.671. The lowest BCUT2D eigenvalue weighted by molar-refractivity contribution is -0.383. The van der Waals surface area contributed by atoms with Crippen LogP contribution >= 0.6 is 11.6 Å². The maximum absolute atomic E-state index is 12.7. The molecule has 0 saturated carbocycles. The van der Waals surface area contributed by atoms with E-state index in [9.17, 15) is 14.5 Å². The molecule has 92 valence electrons. The molecule has 0 aliphatic heterocycles. The van der Waals surface area contributed by atoms with Gasteiger partial charge in [-0.25, -0.2) is 4.39 Å². The van der Waals surface area contributed by atoms with E-state index >= 15 is 0 Å². The van der Waals surface area contributed by atoms with Gasteiger partial charge in [-0.3, -0.25) is 10.1 Å². The molecule has 0 aromatic heterocycles. The number of nitro benzene ring substituents is 1. The van der Waals surface area contributed by atoms with Gasteiger partial charge >= 0.3 is 0 Å². The first-order chi connectivity index (χ1) is 8.56. The molecule has 0 fully saturated rings. The van der Waals surface area contributed by atoms with Crippen LogP contribution in [0.5, 0.6) is 0 Å². The number of nitrogens with zero attached hydrogens (tertiary/aromatic N) is 1. The second-order valence-corrected chi connectivity index (χ2v) is 3.99. The zero-order chi connectivity index (χ0) is 13.1. The molecule has 2 aromatic rings. The van der Waals surface area contributed by atoms with Gasteiger partial charge in [-0.1, -0.05) is 11.6 Å². The minimum atomic E-state index is -0.512. The molecule has 2 rings (SSSR count). The molecule has 0 radical (unpaired) electrons. The zero-order valence-corrected chi connectivity index (χ0v) is 9.82. The summed E-state index contributed by atoms with van der Waals surface area (Å²) >= 11 is 5.79. The lowest BCUT2D eigenvalue weighted by atomic mass is 10.2. The van der Waals surface area contributed by atoms with Gasteiger partial charge in [0, 0.05) is 16.8 Å².